The fourth-order valence-electron chi connectivity index (χ4n) is 2.73. The molecule has 0 aliphatic rings. The highest BCUT2D eigenvalue weighted by Crippen LogP contribution is 2.43. The van der Waals surface area contributed by atoms with E-state index < -0.39 is 0 Å². The summed E-state index contributed by atoms with van der Waals surface area (Å²) in [6, 6.07) is 16.4. The van der Waals surface area contributed by atoms with Crippen LogP contribution in [0.2, 0.25) is 0 Å². The Morgan fingerprint density at radius 3 is 1.55 bits per heavy atom. The van der Waals surface area contributed by atoms with Crippen LogP contribution in [-0.2, 0) is 5.41 Å². The Balaban J connectivity index is 2.64. The van der Waals surface area contributed by atoms with Gasteiger partial charge < -0.3 is 9.47 Å². The number of ether oxygens (including phenoxy) is 2. The van der Waals surface area contributed by atoms with Crippen LogP contribution in [0.5, 0.6) is 11.5 Å². The van der Waals surface area contributed by atoms with E-state index in [4.69, 9.17) is 9.47 Å². The zero-order valence-corrected chi connectivity index (χ0v) is 12.6. The van der Waals surface area contributed by atoms with Gasteiger partial charge in [0.15, 0.2) is 0 Å². The Kier molecular flexibility index (Phi) is 4.33. The highest BCUT2D eigenvalue weighted by atomic mass is 16.5. The Morgan fingerprint density at radius 2 is 1.20 bits per heavy atom. The number of methoxy groups -OCH3 is 2. The first kappa shape index (κ1) is 14.4. The van der Waals surface area contributed by atoms with Gasteiger partial charge in [0.1, 0.15) is 11.5 Å². The molecule has 2 heteroatoms. The first-order valence-corrected chi connectivity index (χ1v) is 6.94. The van der Waals surface area contributed by atoms with Crippen molar-refractivity contribution in [1.82, 2.24) is 0 Å². The number of para-hydroxylation sites is 2. The molecule has 0 aromatic heterocycles. The van der Waals surface area contributed by atoms with Gasteiger partial charge in [0.25, 0.3) is 0 Å². The van der Waals surface area contributed by atoms with Crippen molar-refractivity contribution in [3.63, 3.8) is 0 Å². The van der Waals surface area contributed by atoms with Gasteiger partial charge in [-0.1, -0.05) is 50.2 Å². The fraction of sp³-hybridized carbons (Fsp3) is 0.333. The lowest BCUT2D eigenvalue weighted by Crippen LogP contribution is -2.24. The van der Waals surface area contributed by atoms with E-state index >= 15 is 0 Å². The third kappa shape index (κ3) is 2.38. The SMILES string of the molecule is CCC(C)(c1ccccc1OC)c1ccccc1OC. The first-order valence-electron chi connectivity index (χ1n) is 6.94. The van der Waals surface area contributed by atoms with E-state index in [1.165, 1.54) is 11.1 Å². The summed E-state index contributed by atoms with van der Waals surface area (Å²) in [5, 5.41) is 0. The molecule has 0 spiro atoms. The van der Waals surface area contributed by atoms with E-state index in [9.17, 15) is 0 Å². The summed E-state index contributed by atoms with van der Waals surface area (Å²) in [6.45, 7) is 4.43. The van der Waals surface area contributed by atoms with Gasteiger partial charge >= 0.3 is 0 Å². The van der Waals surface area contributed by atoms with Crippen LogP contribution in [0, 0.1) is 0 Å². The minimum absolute atomic E-state index is 0.140. The number of hydrogen-bond acceptors (Lipinski definition) is 2. The summed E-state index contributed by atoms with van der Waals surface area (Å²) < 4.78 is 11.1. The molecule has 20 heavy (non-hydrogen) atoms. The zero-order valence-electron chi connectivity index (χ0n) is 12.6. The summed E-state index contributed by atoms with van der Waals surface area (Å²) in [7, 11) is 3.44. The van der Waals surface area contributed by atoms with E-state index in [1.807, 2.05) is 24.3 Å². The molecule has 106 valence electrons. The van der Waals surface area contributed by atoms with E-state index in [1.54, 1.807) is 14.2 Å². The van der Waals surface area contributed by atoms with Gasteiger partial charge in [0, 0.05) is 16.5 Å². The van der Waals surface area contributed by atoms with Crippen LogP contribution in [0.3, 0.4) is 0 Å². The van der Waals surface area contributed by atoms with Gasteiger partial charge in [0.2, 0.25) is 0 Å². The fourth-order valence-corrected chi connectivity index (χ4v) is 2.73. The lowest BCUT2D eigenvalue weighted by atomic mass is 9.73. The number of benzene rings is 2. The molecule has 0 saturated heterocycles. The van der Waals surface area contributed by atoms with Crippen molar-refractivity contribution in [1.29, 1.82) is 0 Å². The van der Waals surface area contributed by atoms with Crippen LogP contribution in [0.25, 0.3) is 0 Å². The molecule has 0 radical (unpaired) electrons. The third-order valence-electron chi connectivity index (χ3n) is 4.11. The molecule has 0 unspecified atom stereocenters. The quantitative estimate of drug-likeness (QED) is 0.800. The Bertz CT molecular complexity index is 528. The molecule has 2 aromatic rings. The maximum absolute atomic E-state index is 5.55. The Labute approximate surface area is 121 Å². The second kappa shape index (κ2) is 6.00. The van der Waals surface area contributed by atoms with Crippen LogP contribution in [0.1, 0.15) is 31.4 Å². The maximum atomic E-state index is 5.55. The molecule has 0 N–H and O–H groups in total. The van der Waals surface area contributed by atoms with Crippen molar-refractivity contribution in [2.45, 2.75) is 25.7 Å². The van der Waals surface area contributed by atoms with Crippen molar-refractivity contribution >= 4 is 0 Å². The molecular formula is C18H22O2. The van der Waals surface area contributed by atoms with Gasteiger partial charge in [-0.15, -0.1) is 0 Å². The largest absolute Gasteiger partial charge is 0.496 e. The first-order chi connectivity index (χ1) is 9.67. The third-order valence-corrected chi connectivity index (χ3v) is 4.11. The topological polar surface area (TPSA) is 18.5 Å². The highest BCUT2D eigenvalue weighted by Gasteiger charge is 2.32. The van der Waals surface area contributed by atoms with Crippen molar-refractivity contribution < 1.29 is 9.47 Å². The minimum Gasteiger partial charge on any atom is -0.496 e. The molecule has 2 aromatic carbocycles. The summed E-state index contributed by atoms with van der Waals surface area (Å²) in [4.78, 5) is 0. The molecular weight excluding hydrogens is 248 g/mol. The maximum Gasteiger partial charge on any atom is 0.122 e. The van der Waals surface area contributed by atoms with Crippen molar-refractivity contribution in [3.05, 3.63) is 59.7 Å². The van der Waals surface area contributed by atoms with Crippen molar-refractivity contribution in [3.8, 4) is 11.5 Å². The molecule has 2 rings (SSSR count). The van der Waals surface area contributed by atoms with Gasteiger partial charge in [-0.05, 0) is 18.6 Å². The lowest BCUT2D eigenvalue weighted by molar-refractivity contribution is 0.379. The predicted molar refractivity (Wildman–Crippen MR) is 82.7 cm³/mol. The zero-order chi connectivity index (χ0) is 14.6. The summed E-state index contributed by atoms with van der Waals surface area (Å²) >= 11 is 0. The number of rotatable bonds is 5. The summed E-state index contributed by atoms with van der Waals surface area (Å²) in [5.74, 6) is 1.84. The van der Waals surface area contributed by atoms with Crippen molar-refractivity contribution in [2.24, 2.45) is 0 Å². The molecule has 0 heterocycles. The van der Waals surface area contributed by atoms with E-state index in [0.29, 0.717) is 0 Å². The predicted octanol–water partition coefficient (Wildman–Crippen LogP) is 4.42. The lowest BCUT2D eigenvalue weighted by Gasteiger charge is -2.32. The summed E-state index contributed by atoms with van der Waals surface area (Å²) in [6.07, 6.45) is 0.966. The minimum atomic E-state index is -0.140. The molecule has 0 bridgehead atoms. The molecule has 0 aliphatic carbocycles. The molecule has 0 fully saturated rings. The van der Waals surface area contributed by atoms with Gasteiger partial charge in [0.05, 0.1) is 14.2 Å². The van der Waals surface area contributed by atoms with E-state index in [-0.39, 0.29) is 5.41 Å². The normalized spacial score (nSPS) is 11.2. The molecule has 0 atom stereocenters. The van der Waals surface area contributed by atoms with Crippen LogP contribution >= 0.6 is 0 Å². The van der Waals surface area contributed by atoms with Crippen molar-refractivity contribution in [2.75, 3.05) is 14.2 Å². The van der Waals surface area contributed by atoms with Crippen LogP contribution in [0.15, 0.2) is 48.5 Å². The van der Waals surface area contributed by atoms with E-state index in [2.05, 4.69) is 38.1 Å². The smallest absolute Gasteiger partial charge is 0.122 e. The standard InChI is InChI=1S/C18H22O2/c1-5-18(2,14-10-6-8-12-16(14)19-3)15-11-7-9-13-17(15)20-4/h6-13H,5H2,1-4H3. The average molecular weight is 270 g/mol. The average Bonchev–Trinajstić information content (AvgIpc) is 2.54. The Hall–Kier alpha value is -1.96. The molecule has 2 nitrogen and oxygen atoms in total. The number of hydrogen-bond donors (Lipinski definition) is 0. The van der Waals surface area contributed by atoms with Crippen LogP contribution < -0.4 is 9.47 Å². The van der Waals surface area contributed by atoms with Gasteiger partial charge in [-0.3, -0.25) is 0 Å². The van der Waals surface area contributed by atoms with Gasteiger partial charge in [-0.2, -0.15) is 0 Å². The second-order valence-corrected chi connectivity index (χ2v) is 5.09. The molecule has 0 amide bonds. The highest BCUT2D eigenvalue weighted by molar-refractivity contribution is 5.51. The van der Waals surface area contributed by atoms with Gasteiger partial charge in [-0.25, -0.2) is 0 Å². The van der Waals surface area contributed by atoms with Crippen LogP contribution in [-0.4, -0.2) is 14.2 Å². The molecule has 0 aliphatic heterocycles. The second-order valence-electron chi connectivity index (χ2n) is 5.09. The molecule has 0 saturated carbocycles. The van der Waals surface area contributed by atoms with E-state index in [0.717, 1.165) is 17.9 Å². The monoisotopic (exact) mass is 270 g/mol. The van der Waals surface area contributed by atoms with Crippen LogP contribution in [0.4, 0.5) is 0 Å². The summed E-state index contributed by atoms with van der Waals surface area (Å²) in [5.41, 5.74) is 2.24. The Morgan fingerprint density at radius 1 is 0.800 bits per heavy atom.